The molecule has 0 radical (unpaired) electrons. The van der Waals surface area contributed by atoms with Crippen molar-refractivity contribution in [3.05, 3.63) is 10.6 Å². The summed E-state index contributed by atoms with van der Waals surface area (Å²) in [4.78, 5) is 22.2. The highest BCUT2D eigenvalue weighted by atomic mass is 32.1. The van der Waals surface area contributed by atoms with Gasteiger partial charge in [-0.15, -0.1) is 11.3 Å². The molecule has 2 unspecified atom stereocenters. The van der Waals surface area contributed by atoms with E-state index in [0.717, 1.165) is 50.6 Å². The fourth-order valence-electron chi connectivity index (χ4n) is 4.63. The lowest BCUT2D eigenvalue weighted by atomic mass is 9.92. The van der Waals surface area contributed by atoms with Crippen molar-refractivity contribution < 1.29 is 9.53 Å². The van der Waals surface area contributed by atoms with Crippen LogP contribution < -0.4 is 5.73 Å². The van der Waals surface area contributed by atoms with Gasteiger partial charge in [0, 0.05) is 24.0 Å². The summed E-state index contributed by atoms with van der Waals surface area (Å²) in [5, 5.41) is 0.718. The fraction of sp³-hybridized carbons (Fsp3) is 0.800. The number of anilines is 1. The molecule has 2 heterocycles. The zero-order valence-corrected chi connectivity index (χ0v) is 17.6. The lowest BCUT2D eigenvalue weighted by Crippen LogP contribution is -2.41. The van der Waals surface area contributed by atoms with Crippen molar-refractivity contribution in [3.63, 3.8) is 0 Å². The van der Waals surface area contributed by atoms with E-state index in [0.29, 0.717) is 12.0 Å². The molecule has 6 nitrogen and oxygen atoms in total. The van der Waals surface area contributed by atoms with Gasteiger partial charge < -0.3 is 20.3 Å². The van der Waals surface area contributed by atoms with Gasteiger partial charge in [0.15, 0.2) is 5.13 Å². The Morgan fingerprint density at radius 1 is 1.41 bits per heavy atom. The van der Waals surface area contributed by atoms with Crippen LogP contribution in [0.5, 0.6) is 0 Å². The molecule has 1 aliphatic heterocycles. The third kappa shape index (κ3) is 5.35. The standard InChI is InChI=1S/C20H34N4O2S/c1-3-10-23(16-8-9-17-18(13-16)27-19(21)22-17)11-4-6-15-7-5-12-24(14-15)20(25)26-2/h15-16H,3-14H2,1-2H3,(H2,21,22). The van der Waals surface area contributed by atoms with Crippen molar-refractivity contribution in [2.75, 3.05) is 39.0 Å². The number of hydrogen-bond acceptors (Lipinski definition) is 6. The van der Waals surface area contributed by atoms with Crippen molar-refractivity contribution in [2.24, 2.45) is 5.92 Å². The highest BCUT2D eigenvalue weighted by molar-refractivity contribution is 7.15. The Bertz CT molecular complexity index is 621. The Morgan fingerprint density at radius 2 is 2.26 bits per heavy atom. The number of rotatable bonds is 7. The maximum Gasteiger partial charge on any atom is 0.409 e. The second-order valence-electron chi connectivity index (χ2n) is 7.92. The average molecular weight is 395 g/mol. The summed E-state index contributed by atoms with van der Waals surface area (Å²) in [5.41, 5.74) is 7.13. The van der Waals surface area contributed by atoms with Crippen molar-refractivity contribution >= 4 is 22.6 Å². The van der Waals surface area contributed by atoms with Gasteiger partial charge in [0.2, 0.25) is 0 Å². The van der Waals surface area contributed by atoms with E-state index in [1.807, 2.05) is 4.90 Å². The normalized spacial score (nSPS) is 22.7. The highest BCUT2D eigenvalue weighted by Gasteiger charge is 2.27. The molecule has 1 aromatic rings. The summed E-state index contributed by atoms with van der Waals surface area (Å²) < 4.78 is 4.89. The molecule has 2 N–H and O–H groups in total. The molecular formula is C20H34N4O2S. The van der Waals surface area contributed by atoms with Crippen LogP contribution in [0.25, 0.3) is 0 Å². The first kappa shape index (κ1) is 20.4. The van der Waals surface area contributed by atoms with Gasteiger partial charge in [-0.3, -0.25) is 0 Å². The summed E-state index contributed by atoms with van der Waals surface area (Å²) >= 11 is 1.67. The number of carbonyl (C=O) groups excluding carboxylic acids is 1. The maximum absolute atomic E-state index is 11.8. The number of nitrogens with zero attached hydrogens (tertiary/aromatic N) is 3. The number of piperidine rings is 1. The zero-order chi connectivity index (χ0) is 19.2. The molecule has 3 rings (SSSR count). The van der Waals surface area contributed by atoms with Crippen molar-refractivity contribution in [3.8, 4) is 0 Å². The summed E-state index contributed by atoms with van der Waals surface area (Å²) in [5.74, 6) is 0.612. The summed E-state index contributed by atoms with van der Waals surface area (Å²) in [7, 11) is 1.47. The second kappa shape index (κ2) is 9.73. The number of likely N-dealkylation sites (tertiary alicyclic amines) is 1. The third-order valence-corrected chi connectivity index (χ3v) is 6.92. The van der Waals surface area contributed by atoms with Crippen LogP contribution in [0.4, 0.5) is 9.93 Å². The molecule has 2 atom stereocenters. The van der Waals surface area contributed by atoms with Gasteiger partial charge in [-0.25, -0.2) is 9.78 Å². The van der Waals surface area contributed by atoms with Gasteiger partial charge in [0.05, 0.1) is 12.8 Å². The molecule has 2 aliphatic rings. The van der Waals surface area contributed by atoms with E-state index in [1.165, 1.54) is 49.8 Å². The Hall–Kier alpha value is -1.34. The van der Waals surface area contributed by atoms with Gasteiger partial charge >= 0.3 is 6.09 Å². The Morgan fingerprint density at radius 3 is 3.04 bits per heavy atom. The Balaban J connectivity index is 1.48. The van der Waals surface area contributed by atoms with E-state index in [1.54, 1.807) is 11.3 Å². The molecule has 0 spiro atoms. The number of aromatic nitrogens is 1. The number of nitrogen functional groups attached to an aromatic ring is 1. The van der Waals surface area contributed by atoms with Gasteiger partial charge in [-0.1, -0.05) is 6.92 Å². The van der Waals surface area contributed by atoms with E-state index in [2.05, 4.69) is 16.8 Å². The van der Waals surface area contributed by atoms with Gasteiger partial charge in [-0.05, 0) is 70.4 Å². The lowest BCUT2D eigenvalue weighted by molar-refractivity contribution is 0.0984. The topological polar surface area (TPSA) is 71.7 Å². The minimum Gasteiger partial charge on any atom is -0.453 e. The van der Waals surface area contributed by atoms with Crippen LogP contribution in [0.15, 0.2) is 0 Å². The number of methoxy groups -OCH3 is 1. The monoisotopic (exact) mass is 394 g/mol. The number of hydrogen-bond donors (Lipinski definition) is 1. The van der Waals surface area contributed by atoms with E-state index in [-0.39, 0.29) is 6.09 Å². The molecule has 1 aromatic heterocycles. The molecule has 7 heteroatoms. The minimum atomic E-state index is -0.172. The van der Waals surface area contributed by atoms with E-state index in [4.69, 9.17) is 10.5 Å². The highest BCUT2D eigenvalue weighted by Crippen LogP contribution is 2.31. The van der Waals surface area contributed by atoms with Gasteiger partial charge in [-0.2, -0.15) is 0 Å². The van der Waals surface area contributed by atoms with Crippen LogP contribution in [-0.4, -0.2) is 60.2 Å². The second-order valence-corrected chi connectivity index (χ2v) is 9.04. The Labute approximate surface area is 167 Å². The molecule has 0 saturated carbocycles. The zero-order valence-electron chi connectivity index (χ0n) is 16.8. The summed E-state index contributed by atoms with van der Waals surface area (Å²) in [6, 6.07) is 0.621. The first-order valence-electron chi connectivity index (χ1n) is 10.4. The largest absolute Gasteiger partial charge is 0.453 e. The fourth-order valence-corrected chi connectivity index (χ4v) is 5.58. The molecule has 1 saturated heterocycles. The first-order valence-corrected chi connectivity index (χ1v) is 11.2. The third-order valence-electron chi connectivity index (χ3n) is 5.97. The Kier molecular flexibility index (Phi) is 7.35. The quantitative estimate of drug-likeness (QED) is 0.766. The molecule has 0 bridgehead atoms. The van der Waals surface area contributed by atoms with Crippen LogP contribution in [0.3, 0.4) is 0 Å². The van der Waals surface area contributed by atoms with Crippen molar-refractivity contribution in [2.45, 2.75) is 64.3 Å². The van der Waals surface area contributed by atoms with Crippen LogP contribution in [0.2, 0.25) is 0 Å². The lowest BCUT2D eigenvalue weighted by Gasteiger charge is -2.35. The summed E-state index contributed by atoms with van der Waals surface area (Å²) in [6.07, 6.45) is 9.09. The molecule has 0 aromatic carbocycles. The molecule has 1 fully saturated rings. The van der Waals surface area contributed by atoms with E-state index >= 15 is 0 Å². The van der Waals surface area contributed by atoms with Crippen LogP contribution in [0, 0.1) is 5.92 Å². The van der Waals surface area contributed by atoms with Gasteiger partial charge in [0.25, 0.3) is 0 Å². The SMILES string of the molecule is CCCN(CCCC1CCCN(C(=O)OC)C1)C1CCc2nc(N)sc2C1. The molecule has 1 amide bonds. The number of aryl methyl sites for hydroxylation is 1. The number of amides is 1. The predicted octanol–water partition coefficient (Wildman–Crippen LogP) is 3.55. The average Bonchev–Trinajstić information content (AvgIpc) is 3.06. The number of nitrogens with two attached hydrogens (primary N) is 1. The number of ether oxygens (including phenoxy) is 1. The molecule has 152 valence electrons. The first-order chi connectivity index (χ1) is 13.1. The van der Waals surface area contributed by atoms with Crippen LogP contribution in [-0.2, 0) is 17.6 Å². The predicted molar refractivity (Wildman–Crippen MR) is 110 cm³/mol. The van der Waals surface area contributed by atoms with E-state index < -0.39 is 0 Å². The van der Waals surface area contributed by atoms with Crippen LogP contribution >= 0.6 is 11.3 Å². The molecule has 27 heavy (non-hydrogen) atoms. The maximum atomic E-state index is 11.8. The van der Waals surface area contributed by atoms with Crippen LogP contribution in [0.1, 0.15) is 56.0 Å². The minimum absolute atomic E-state index is 0.172. The molecule has 1 aliphatic carbocycles. The van der Waals surface area contributed by atoms with E-state index in [9.17, 15) is 4.79 Å². The number of fused-ring (bicyclic) bond motifs is 1. The smallest absolute Gasteiger partial charge is 0.409 e. The number of carbonyl (C=O) groups is 1. The van der Waals surface area contributed by atoms with Crippen molar-refractivity contribution in [1.29, 1.82) is 0 Å². The molecular weight excluding hydrogens is 360 g/mol. The van der Waals surface area contributed by atoms with Gasteiger partial charge in [0.1, 0.15) is 0 Å². The number of thiazole rings is 1. The summed E-state index contributed by atoms with van der Waals surface area (Å²) in [6.45, 7) is 6.27. The van der Waals surface area contributed by atoms with Crippen molar-refractivity contribution in [1.82, 2.24) is 14.8 Å².